The Kier molecular flexibility index (Phi) is 6.18. The number of rotatable bonds is 4. The third kappa shape index (κ3) is 4.47. The molecule has 1 atom stereocenters. The second kappa shape index (κ2) is 9.58. The summed E-state index contributed by atoms with van der Waals surface area (Å²) < 4.78 is 5.67. The molecule has 35 heavy (non-hydrogen) atoms. The minimum Gasteiger partial charge on any atom is -0.453 e. The molecule has 0 aliphatic carbocycles. The lowest BCUT2D eigenvalue weighted by Gasteiger charge is -2.36. The van der Waals surface area contributed by atoms with Crippen LogP contribution in [0, 0.1) is 0 Å². The van der Waals surface area contributed by atoms with Crippen LogP contribution in [0.2, 0.25) is 0 Å². The Hall–Kier alpha value is -4.20. The molecule has 1 unspecified atom stereocenters. The maximum atomic E-state index is 13.7. The van der Waals surface area contributed by atoms with E-state index in [-0.39, 0.29) is 18.4 Å². The number of para-hydroxylation sites is 1. The van der Waals surface area contributed by atoms with Crippen LogP contribution in [0.1, 0.15) is 34.5 Å². The maximum Gasteiger partial charge on any atom is 0.303 e. The van der Waals surface area contributed by atoms with Crippen LogP contribution in [0.3, 0.4) is 0 Å². The molecule has 2 amide bonds. The van der Waals surface area contributed by atoms with Crippen molar-refractivity contribution in [1.82, 2.24) is 9.88 Å². The molecule has 0 bridgehead atoms. The molecule has 3 aromatic rings. The van der Waals surface area contributed by atoms with Gasteiger partial charge in [0.15, 0.2) is 6.10 Å². The van der Waals surface area contributed by atoms with E-state index in [0.29, 0.717) is 48.6 Å². The Morgan fingerprint density at radius 2 is 1.60 bits per heavy atom. The van der Waals surface area contributed by atoms with Gasteiger partial charge in [0.25, 0.3) is 5.91 Å². The number of nitrogens with zero attached hydrogens (tertiary/aromatic N) is 4. The van der Waals surface area contributed by atoms with Crippen molar-refractivity contribution in [3.05, 3.63) is 89.6 Å². The summed E-state index contributed by atoms with van der Waals surface area (Å²) in [6.07, 6.45) is 1.03. The smallest absolute Gasteiger partial charge is 0.303 e. The number of pyridine rings is 1. The van der Waals surface area contributed by atoms with E-state index in [0.717, 1.165) is 5.82 Å². The van der Waals surface area contributed by atoms with Crippen molar-refractivity contribution >= 4 is 29.3 Å². The van der Waals surface area contributed by atoms with E-state index in [1.54, 1.807) is 35.4 Å². The number of anilines is 2. The summed E-state index contributed by atoms with van der Waals surface area (Å²) in [5.74, 6) is 0.0344. The van der Waals surface area contributed by atoms with Gasteiger partial charge in [0.2, 0.25) is 5.91 Å². The number of benzene rings is 2. The number of hydrogen-bond acceptors (Lipinski definition) is 6. The van der Waals surface area contributed by atoms with E-state index >= 15 is 0 Å². The summed E-state index contributed by atoms with van der Waals surface area (Å²) in [6, 6.07) is 20.2. The first-order valence-electron chi connectivity index (χ1n) is 11.6. The zero-order chi connectivity index (χ0) is 24.4. The van der Waals surface area contributed by atoms with Gasteiger partial charge in [-0.05, 0) is 24.3 Å². The number of hydrogen-bond donors (Lipinski definition) is 0. The third-order valence-electron chi connectivity index (χ3n) is 6.41. The van der Waals surface area contributed by atoms with E-state index in [1.165, 1.54) is 11.8 Å². The number of ether oxygens (including phenoxy) is 1. The van der Waals surface area contributed by atoms with Crippen molar-refractivity contribution in [2.75, 3.05) is 42.5 Å². The normalized spacial score (nSPS) is 17.3. The van der Waals surface area contributed by atoms with Crippen molar-refractivity contribution in [3.8, 4) is 0 Å². The number of aromatic nitrogens is 1. The first kappa shape index (κ1) is 22.6. The van der Waals surface area contributed by atoms with E-state index in [2.05, 4.69) is 9.88 Å². The highest BCUT2D eigenvalue weighted by atomic mass is 16.5. The minimum atomic E-state index is -0.731. The highest BCUT2D eigenvalue weighted by Gasteiger charge is 2.35. The quantitative estimate of drug-likeness (QED) is 0.545. The largest absolute Gasteiger partial charge is 0.453 e. The van der Waals surface area contributed by atoms with E-state index in [9.17, 15) is 14.4 Å². The molecule has 0 saturated carbocycles. The van der Waals surface area contributed by atoms with Gasteiger partial charge in [0.1, 0.15) is 12.4 Å². The fourth-order valence-corrected chi connectivity index (χ4v) is 4.71. The van der Waals surface area contributed by atoms with Crippen molar-refractivity contribution in [2.24, 2.45) is 0 Å². The minimum absolute atomic E-state index is 0.0967. The monoisotopic (exact) mass is 470 g/mol. The number of carbonyl (C=O) groups excluding carboxylic acids is 3. The summed E-state index contributed by atoms with van der Waals surface area (Å²) in [6.45, 7) is 3.69. The summed E-state index contributed by atoms with van der Waals surface area (Å²) in [4.78, 5) is 48.8. The van der Waals surface area contributed by atoms with E-state index in [4.69, 9.17) is 4.74 Å². The molecule has 2 aliphatic heterocycles. The number of fused-ring (bicyclic) bond motifs is 2. The summed E-state index contributed by atoms with van der Waals surface area (Å²) in [5, 5.41) is 0. The fourth-order valence-electron chi connectivity index (χ4n) is 4.71. The number of carbonyl (C=O) groups is 3. The molecule has 0 N–H and O–H groups in total. The molecule has 8 heteroatoms. The maximum absolute atomic E-state index is 13.7. The topological polar surface area (TPSA) is 83.0 Å². The molecule has 3 heterocycles. The molecule has 5 rings (SSSR count). The van der Waals surface area contributed by atoms with Gasteiger partial charge >= 0.3 is 5.97 Å². The van der Waals surface area contributed by atoms with Crippen LogP contribution in [0.15, 0.2) is 72.9 Å². The Morgan fingerprint density at radius 1 is 0.914 bits per heavy atom. The molecule has 0 spiro atoms. The van der Waals surface area contributed by atoms with Crippen molar-refractivity contribution in [1.29, 1.82) is 0 Å². The molecule has 1 saturated heterocycles. The van der Waals surface area contributed by atoms with Gasteiger partial charge in [-0.15, -0.1) is 0 Å². The average Bonchev–Trinajstić information content (AvgIpc) is 2.99. The Morgan fingerprint density at radius 3 is 2.31 bits per heavy atom. The van der Waals surface area contributed by atoms with Crippen molar-refractivity contribution in [2.45, 2.75) is 13.0 Å². The van der Waals surface area contributed by atoms with E-state index < -0.39 is 12.1 Å². The number of amides is 2. The Labute approximate surface area is 203 Å². The van der Waals surface area contributed by atoms with Gasteiger partial charge in [0.05, 0.1) is 5.69 Å². The molecule has 2 aliphatic rings. The predicted octanol–water partition coefficient (Wildman–Crippen LogP) is 3.04. The highest BCUT2D eigenvalue weighted by Crippen LogP contribution is 2.39. The van der Waals surface area contributed by atoms with Crippen molar-refractivity contribution in [3.63, 3.8) is 0 Å². The standard InChI is InChI=1S/C27H26N4O4/c1-19(32)35-26-20-8-2-3-9-21(20)27(34)31(23-11-5-4-10-22(23)26)18-25(33)30-16-14-29(15-17-30)24-12-6-7-13-28-24/h2-13,26H,14-18H2,1H3. The molecule has 8 nitrogen and oxygen atoms in total. The van der Waals surface area contributed by atoms with Gasteiger partial charge in [0, 0.05) is 56.0 Å². The molecule has 2 aromatic carbocycles. The molecule has 178 valence electrons. The Bertz CT molecular complexity index is 1250. The van der Waals surface area contributed by atoms with Crippen LogP contribution >= 0.6 is 0 Å². The summed E-state index contributed by atoms with van der Waals surface area (Å²) in [5.41, 5.74) is 2.27. The summed E-state index contributed by atoms with van der Waals surface area (Å²) >= 11 is 0. The zero-order valence-corrected chi connectivity index (χ0v) is 19.5. The van der Waals surface area contributed by atoms with Gasteiger partial charge < -0.3 is 14.5 Å². The summed E-state index contributed by atoms with van der Waals surface area (Å²) in [7, 11) is 0. The molecular weight excluding hydrogens is 444 g/mol. The van der Waals surface area contributed by atoms with Crippen LogP contribution in [-0.4, -0.2) is 60.4 Å². The van der Waals surface area contributed by atoms with Gasteiger partial charge in [-0.2, -0.15) is 0 Å². The van der Waals surface area contributed by atoms with Crippen LogP contribution < -0.4 is 9.80 Å². The van der Waals surface area contributed by atoms with E-state index in [1.807, 2.05) is 42.5 Å². The second-order valence-electron chi connectivity index (χ2n) is 8.58. The first-order chi connectivity index (χ1) is 17.0. The zero-order valence-electron chi connectivity index (χ0n) is 19.5. The van der Waals surface area contributed by atoms with Crippen molar-refractivity contribution < 1.29 is 19.1 Å². The fraction of sp³-hybridized carbons (Fsp3) is 0.259. The lowest BCUT2D eigenvalue weighted by molar-refractivity contribution is -0.144. The highest BCUT2D eigenvalue weighted by molar-refractivity contribution is 6.11. The lowest BCUT2D eigenvalue weighted by Crippen LogP contribution is -2.52. The van der Waals surface area contributed by atoms with Gasteiger partial charge in [-0.3, -0.25) is 19.3 Å². The molecular formula is C27H26N4O4. The van der Waals surface area contributed by atoms with Gasteiger partial charge in [-0.1, -0.05) is 42.5 Å². The average molecular weight is 471 g/mol. The Balaban J connectivity index is 1.41. The molecule has 0 radical (unpaired) electrons. The second-order valence-corrected chi connectivity index (χ2v) is 8.58. The van der Waals surface area contributed by atoms with Gasteiger partial charge in [-0.25, -0.2) is 4.98 Å². The number of piperazine rings is 1. The third-order valence-corrected chi connectivity index (χ3v) is 6.41. The number of esters is 1. The molecule has 1 aromatic heterocycles. The SMILES string of the molecule is CC(=O)OC1c2ccccc2C(=O)N(CC(=O)N2CCN(c3ccccn3)CC2)c2ccccc21. The van der Waals surface area contributed by atoms with Crippen LogP contribution in [0.5, 0.6) is 0 Å². The lowest BCUT2D eigenvalue weighted by atomic mass is 9.97. The van der Waals surface area contributed by atoms with Crippen LogP contribution in [0.4, 0.5) is 11.5 Å². The van der Waals surface area contributed by atoms with Crippen LogP contribution in [0.25, 0.3) is 0 Å². The molecule has 1 fully saturated rings. The van der Waals surface area contributed by atoms with Crippen LogP contribution in [-0.2, 0) is 14.3 Å². The first-order valence-corrected chi connectivity index (χ1v) is 11.6. The predicted molar refractivity (Wildman–Crippen MR) is 131 cm³/mol.